The van der Waals surface area contributed by atoms with Crippen LogP contribution in [0.15, 0.2) is 12.3 Å². The van der Waals surface area contributed by atoms with Crippen molar-refractivity contribution in [2.24, 2.45) is 11.7 Å². The highest BCUT2D eigenvalue weighted by molar-refractivity contribution is 4.99. The summed E-state index contributed by atoms with van der Waals surface area (Å²) in [4.78, 5) is 0. The zero-order chi connectivity index (χ0) is 15.3. The Morgan fingerprint density at radius 2 is 2.14 bits per heavy atom. The molecule has 21 heavy (non-hydrogen) atoms. The highest BCUT2D eigenvalue weighted by atomic mass is 16.5. The average Bonchev–Trinajstić information content (AvgIpc) is 3.01. The van der Waals surface area contributed by atoms with Gasteiger partial charge in [0.05, 0.1) is 17.9 Å². The van der Waals surface area contributed by atoms with Crippen molar-refractivity contribution in [3.05, 3.63) is 18.0 Å². The van der Waals surface area contributed by atoms with Crippen molar-refractivity contribution >= 4 is 0 Å². The first-order valence-corrected chi connectivity index (χ1v) is 8.50. The van der Waals surface area contributed by atoms with Crippen molar-refractivity contribution in [1.82, 2.24) is 9.78 Å². The van der Waals surface area contributed by atoms with Gasteiger partial charge in [-0.25, -0.2) is 0 Å². The molecule has 2 N–H and O–H groups in total. The van der Waals surface area contributed by atoms with Crippen LogP contribution in [0.3, 0.4) is 0 Å². The summed E-state index contributed by atoms with van der Waals surface area (Å²) in [5, 5.41) is 4.61. The maximum Gasteiger partial charge on any atom is 0.0914 e. The molecular formula is C17H31N3O. The lowest BCUT2D eigenvalue weighted by Gasteiger charge is -2.39. The van der Waals surface area contributed by atoms with Crippen LogP contribution in [0.1, 0.15) is 71.0 Å². The summed E-state index contributed by atoms with van der Waals surface area (Å²) in [6.45, 7) is 7.85. The molecule has 4 nitrogen and oxygen atoms in total. The van der Waals surface area contributed by atoms with Crippen LogP contribution in [-0.2, 0) is 11.3 Å². The fourth-order valence-electron chi connectivity index (χ4n) is 3.13. The molecule has 1 heterocycles. The maximum absolute atomic E-state index is 6.22. The van der Waals surface area contributed by atoms with Gasteiger partial charge < -0.3 is 10.5 Å². The highest BCUT2D eigenvalue weighted by Gasteiger charge is 2.34. The van der Waals surface area contributed by atoms with Crippen LogP contribution in [0, 0.1) is 5.92 Å². The third kappa shape index (κ3) is 4.07. The molecule has 120 valence electrons. The largest absolute Gasteiger partial charge is 0.367 e. The van der Waals surface area contributed by atoms with Gasteiger partial charge in [0.15, 0.2) is 0 Å². The van der Waals surface area contributed by atoms with Gasteiger partial charge in [-0.15, -0.1) is 0 Å². The van der Waals surface area contributed by atoms with Crippen molar-refractivity contribution in [3.63, 3.8) is 0 Å². The van der Waals surface area contributed by atoms with E-state index in [4.69, 9.17) is 10.5 Å². The molecule has 1 unspecified atom stereocenters. The summed E-state index contributed by atoms with van der Waals surface area (Å²) in [5.74, 6) is 0.859. The van der Waals surface area contributed by atoms with E-state index in [0.29, 0.717) is 19.2 Å². The van der Waals surface area contributed by atoms with Crippen molar-refractivity contribution in [2.75, 3.05) is 6.54 Å². The molecule has 0 radical (unpaired) electrons. The van der Waals surface area contributed by atoms with Gasteiger partial charge in [-0.3, -0.25) is 4.68 Å². The predicted octanol–water partition coefficient (Wildman–Crippen LogP) is 3.67. The summed E-state index contributed by atoms with van der Waals surface area (Å²) in [6.07, 6.45) is 9.09. The second-order valence-corrected chi connectivity index (χ2v) is 6.57. The van der Waals surface area contributed by atoms with Gasteiger partial charge in [0.25, 0.3) is 0 Å². The van der Waals surface area contributed by atoms with Gasteiger partial charge in [0.2, 0.25) is 0 Å². The van der Waals surface area contributed by atoms with Gasteiger partial charge in [-0.05, 0) is 51.0 Å². The first kappa shape index (κ1) is 16.5. The predicted molar refractivity (Wildman–Crippen MR) is 86.1 cm³/mol. The van der Waals surface area contributed by atoms with Crippen LogP contribution in [0.25, 0.3) is 0 Å². The lowest BCUT2D eigenvalue weighted by molar-refractivity contribution is -0.0824. The van der Waals surface area contributed by atoms with Crippen molar-refractivity contribution in [1.29, 1.82) is 0 Å². The molecule has 1 fully saturated rings. The van der Waals surface area contributed by atoms with E-state index in [1.165, 1.54) is 19.3 Å². The van der Waals surface area contributed by atoms with E-state index in [-0.39, 0.29) is 5.60 Å². The van der Waals surface area contributed by atoms with E-state index in [1.54, 1.807) is 0 Å². The van der Waals surface area contributed by atoms with Crippen molar-refractivity contribution < 1.29 is 4.74 Å². The molecule has 4 heteroatoms. The first-order valence-electron chi connectivity index (χ1n) is 8.50. The lowest BCUT2D eigenvalue weighted by atomic mass is 9.77. The maximum atomic E-state index is 6.22. The zero-order valence-electron chi connectivity index (χ0n) is 13.8. The number of rotatable bonds is 7. The average molecular weight is 293 g/mol. The third-order valence-corrected chi connectivity index (χ3v) is 5.20. The molecule has 0 spiro atoms. The minimum atomic E-state index is -0.119. The molecule has 1 aliphatic carbocycles. The van der Waals surface area contributed by atoms with E-state index in [9.17, 15) is 0 Å². The monoisotopic (exact) mass is 293 g/mol. The van der Waals surface area contributed by atoms with E-state index in [2.05, 4.69) is 38.1 Å². The molecule has 1 aromatic rings. The van der Waals surface area contributed by atoms with Crippen LogP contribution >= 0.6 is 0 Å². The summed E-state index contributed by atoms with van der Waals surface area (Å²) in [5.41, 5.74) is 6.91. The Kier molecular flexibility index (Phi) is 5.82. The smallest absolute Gasteiger partial charge is 0.0914 e. The van der Waals surface area contributed by atoms with Crippen molar-refractivity contribution in [2.45, 2.75) is 77.5 Å². The third-order valence-electron chi connectivity index (χ3n) is 5.20. The molecule has 1 saturated carbocycles. The lowest BCUT2D eigenvalue weighted by Crippen LogP contribution is -2.43. The van der Waals surface area contributed by atoms with Gasteiger partial charge in [0.1, 0.15) is 0 Å². The summed E-state index contributed by atoms with van der Waals surface area (Å²) >= 11 is 0. The molecule has 0 amide bonds. The number of nitrogens with zero attached hydrogens (tertiary/aromatic N) is 2. The Hall–Kier alpha value is -0.870. The number of nitrogens with two attached hydrogens (primary N) is 1. The summed E-state index contributed by atoms with van der Waals surface area (Å²) < 4.78 is 8.25. The van der Waals surface area contributed by atoms with Crippen LogP contribution in [0.4, 0.5) is 0 Å². The quantitative estimate of drug-likeness (QED) is 0.834. The van der Waals surface area contributed by atoms with Gasteiger partial charge >= 0.3 is 0 Å². The minimum absolute atomic E-state index is 0.119. The van der Waals surface area contributed by atoms with Crippen LogP contribution in [0.5, 0.6) is 0 Å². The number of aromatic nitrogens is 2. The Balaban J connectivity index is 1.90. The van der Waals surface area contributed by atoms with Crippen LogP contribution in [0.2, 0.25) is 0 Å². The van der Waals surface area contributed by atoms with Crippen LogP contribution < -0.4 is 5.73 Å². The molecule has 1 atom stereocenters. The molecule has 0 aliphatic heterocycles. The second kappa shape index (κ2) is 7.41. The molecule has 1 aliphatic rings. The standard InChI is InChI=1S/C17H31N3O/c1-4-14(3)20-11-8-16(19-20)12-21-17(13-18)9-6-15(5-2)7-10-17/h8,11,14-15H,4-7,9-10,12-13,18H2,1-3H3. The topological polar surface area (TPSA) is 53.1 Å². The van der Waals surface area contributed by atoms with E-state index < -0.39 is 0 Å². The SMILES string of the molecule is CCC1CCC(CN)(OCc2ccn(C(C)CC)n2)CC1. The summed E-state index contributed by atoms with van der Waals surface area (Å²) in [6, 6.07) is 2.51. The molecule has 1 aromatic heterocycles. The number of hydrogen-bond donors (Lipinski definition) is 1. The fourth-order valence-corrected chi connectivity index (χ4v) is 3.13. The summed E-state index contributed by atoms with van der Waals surface area (Å²) in [7, 11) is 0. The Morgan fingerprint density at radius 3 is 2.71 bits per heavy atom. The van der Waals surface area contributed by atoms with Gasteiger partial charge in [0, 0.05) is 18.8 Å². The highest BCUT2D eigenvalue weighted by Crippen LogP contribution is 2.36. The fraction of sp³-hybridized carbons (Fsp3) is 0.824. The van der Waals surface area contributed by atoms with Crippen LogP contribution in [-0.4, -0.2) is 21.9 Å². The molecular weight excluding hydrogens is 262 g/mol. The molecule has 0 saturated heterocycles. The second-order valence-electron chi connectivity index (χ2n) is 6.57. The van der Waals surface area contributed by atoms with E-state index in [1.807, 2.05) is 4.68 Å². The number of ether oxygens (including phenoxy) is 1. The Morgan fingerprint density at radius 1 is 1.43 bits per heavy atom. The Bertz CT molecular complexity index is 421. The van der Waals surface area contributed by atoms with Crippen molar-refractivity contribution in [3.8, 4) is 0 Å². The van der Waals surface area contributed by atoms with E-state index in [0.717, 1.165) is 30.9 Å². The van der Waals surface area contributed by atoms with Gasteiger partial charge in [-0.1, -0.05) is 20.3 Å². The van der Waals surface area contributed by atoms with E-state index >= 15 is 0 Å². The molecule has 2 rings (SSSR count). The first-order chi connectivity index (χ1) is 10.1. The normalized spacial score (nSPS) is 27.7. The number of hydrogen-bond acceptors (Lipinski definition) is 3. The Labute approximate surface area is 129 Å². The van der Waals surface area contributed by atoms with Gasteiger partial charge in [-0.2, -0.15) is 5.10 Å². The molecule has 0 aromatic carbocycles. The zero-order valence-corrected chi connectivity index (χ0v) is 13.8. The minimum Gasteiger partial charge on any atom is -0.367 e. The molecule has 0 bridgehead atoms.